The topological polar surface area (TPSA) is 75.9 Å². The van der Waals surface area contributed by atoms with Gasteiger partial charge in [0.05, 0.1) is 17.6 Å². The Morgan fingerprint density at radius 1 is 1.33 bits per heavy atom. The SMILES string of the molecule is COCCC[C@@H]1CN(C2=CC(C)(F)[C@H]3C(=C2)C(NCc2cccc(C#N)c2C)NN=C3C)CCN1C. The van der Waals surface area contributed by atoms with Gasteiger partial charge >= 0.3 is 0 Å². The summed E-state index contributed by atoms with van der Waals surface area (Å²) < 4.78 is 21.5. The summed E-state index contributed by atoms with van der Waals surface area (Å²) in [6.45, 7) is 9.51. The van der Waals surface area contributed by atoms with E-state index in [0.29, 0.717) is 18.2 Å². The number of benzene rings is 1. The molecule has 2 unspecified atom stereocenters. The fraction of sp³-hybridized carbons (Fsp3) is 0.571. The number of rotatable bonds is 8. The van der Waals surface area contributed by atoms with Crippen LogP contribution in [0, 0.1) is 24.2 Å². The number of hydrogen-bond donors (Lipinski definition) is 2. The van der Waals surface area contributed by atoms with Gasteiger partial charge in [-0.3, -0.25) is 15.6 Å². The molecule has 3 aliphatic rings. The minimum atomic E-state index is -1.54. The maximum absolute atomic E-state index is 16.2. The molecule has 194 valence electrons. The standard InChI is InChI=1S/C28H39FN6O/c1-19-21(16-30)8-6-9-22(19)17-31-27-25-14-24(15-28(3,29)26(25)20(2)32-33-27)35-12-11-34(4)23(18-35)10-7-13-36-5/h6,8-9,14-15,23,26-27,31,33H,7,10-13,17-18H2,1-5H3/t23-,26-,27?,28?/m1/s1. The van der Waals surface area contributed by atoms with E-state index in [2.05, 4.69) is 44.8 Å². The van der Waals surface area contributed by atoms with Crippen molar-refractivity contribution in [2.75, 3.05) is 40.4 Å². The molecule has 2 heterocycles. The van der Waals surface area contributed by atoms with Gasteiger partial charge in [-0.1, -0.05) is 12.1 Å². The summed E-state index contributed by atoms with van der Waals surface area (Å²) in [5.41, 5.74) is 7.01. The predicted molar refractivity (Wildman–Crippen MR) is 141 cm³/mol. The zero-order valence-electron chi connectivity index (χ0n) is 22.1. The molecule has 36 heavy (non-hydrogen) atoms. The number of methoxy groups -OCH3 is 1. The third kappa shape index (κ3) is 5.49. The summed E-state index contributed by atoms with van der Waals surface area (Å²) in [4.78, 5) is 4.73. The number of halogens is 1. The number of nitriles is 1. The Balaban J connectivity index is 1.56. The van der Waals surface area contributed by atoms with Gasteiger partial charge in [-0.25, -0.2) is 4.39 Å². The number of likely N-dealkylation sites (N-methyl/N-ethyl adjacent to an activating group) is 1. The molecule has 1 aromatic carbocycles. The maximum atomic E-state index is 16.2. The Kier molecular flexibility index (Phi) is 8.13. The minimum absolute atomic E-state index is 0.299. The molecule has 8 heteroatoms. The number of ether oxygens (including phenoxy) is 1. The highest BCUT2D eigenvalue weighted by molar-refractivity contribution is 5.90. The molecule has 1 aromatic rings. The van der Waals surface area contributed by atoms with E-state index >= 15 is 4.39 Å². The Hall–Kier alpha value is -2.73. The fourth-order valence-electron chi connectivity index (χ4n) is 5.71. The molecule has 2 N–H and O–H groups in total. The lowest BCUT2D eigenvalue weighted by Crippen LogP contribution is -2.55. The third-order valence-corrected chi connectivity index (χ3v) is 7.85. The minimum Gasteiger partial charge on any atom is -0.385 e. The number of nitrogens with one attached hydrogen (secondary N) is 2. The molecule has 7 nitrogen and oxygen atoms in total. The number of nitrogens with zero attached hydrogens (tertiary/aromatic N) is 4. The van der Waals surface area contributed by atoms with Gasteiger partial charge in [0.15, 0.2) is 0 Å². The van der Waals surface area contributed by atoms with Gasteiger partial charge in [0.25, 0.3) is 0 Å². The van der Waals surface area contributed by atoms with Gasteiger partial charge in [-0.05, 0) is 75.6 Å². The molecule has 0 radical (unpaired) electrons. The zero-order valence-corrected chi connectivity index (χ0v) is 22.1. The Labute approximate surface area is 214 Å². The van der Waals surface area contributed by atoms with Crippen LogP contribution in [0.25, 0.3) is 0 Å². The molecule has 0 aromatic heterocycles. The van der Waals surface area contributed by atoms with Crippen molar-refractivity contribution < 1.29 is 9.13 Å². The molecule has 2 aliphatic heterocycles. The third-order valence-electron chi connectivity index (χ3n) is 7.85. The molecular weight excluding hydrogens is 455 g/mol. The van der Waals surface area contributed by atoms with Gasteiger partial charge in [0.1, 0.15) is 11.8 Å². The summed E-state index contributed by atoms with van der Waals surface area (Å²) in [5.74, 6) is -0.420. The lowest BCUT2D eigenvalue weighted by Gasteiger charge is -2.45. The molecule has 0 amide bonds. The monoisotopic (exact) mass is 494 g/mol. The number of piperazine rings is 1. The molecule has 0 spiro atoms. The van der Waals surface area contributed by atoms with Crippen LogP contribution < -0.4 is 10.7 Å². The van der Waals surface area contributed by atoms with E-state index in [1.807, 2.05) is 32.0 Å². The first-order valence-corrected chi connectivity index (χ1v) is 12.8. The van der Waals surface area contributed by atoms with Gasteiger partial charge in [0.2, 0.25) is 0 Å². The van der Waals surface area contributed by atoms with E-state index < -0.39 is 11.6 Å². The quantitative estimate of drug-likeness (QED) is 0.539. The molecule has 0 bridgehead atoms. The number of hydrogen-bond acceptors (Lipinski definition) is 7. The number of fused-ring (bicyclic) bond motifs is 1. The molecule has 1 saturated heterocycles. The first-order chi connectivity index (χ1) is 17.2. The van der Waals surface area contributed by atoms with Crippen molar-refractivity contribution in [3.63, 3.8) is 0 Å². The molecule has 4 atom stereocenters. The van der Waals surface area contributed by atoms with Crippen molar-refractivity contribution >= 4 is 5.71 Å². The molecule has 1 aliphatic carbocycles. The van der Waals surface area contributed by atoms with Gasteiger partial charge in [0, 0.05) is 57.3 Å². The lowest BCUT2D eigenvalue weighted by molar-refractivity contribution is 0.101. The van der Waals surface area contributed by atoms with Crippen LogP contribution in [-0.2, 0) is 11.3 Å². The predicted octanol–water partition coefficient (Wildman–Crippen LogP) is 3.47. The van der Waals surface area contributed by atoms with E-state index in [4.69, 9.17) is 4.74 Å². The maximum Gasteiger partial charge on any atom is 0.140 e. The fourth-order valence-corrected chi connectivity index (χ4v) is 5.71. The second-order valence-corrected chi connectivity index (χ2v) is 10.4. The van der Waals surface area contributed by atoms with Crippen molar-refractivity contribution in [2.45, 2.75) is 58.0 Å². The van der Waals surface area contributed by atoms with Crippen molar-refractivity contribution in [2.24, 2.45) is 11.0 Å². The van der Waals surface area contributed by atoms with Gasteiger partial charge < -0.3 is 9.64 Å². The molecule has 0 saturated carbocycles. The van der Waals surface area contributed by atoms with E-state index in [1.54, 1.807) is 20.1 Å². The second kappa shape index (κ2) is 11.1. The highest BCUT2D eigenvalue weighted by Gasteiger charge is 2.45. The Bertz CT molecular complexity index is 1090. The molecule has 1 fully saturated rings. The van der Waals surface area contributed by atoms with Gasteiger partial charge in [-0.2, -0.15) is 10.4 Å². The first kappa shape index (κ1) is 26.3. The van der Waals surface area contributed by atoms with Crippen LogP contribution in [0.3, 0.4) is 0 Å². The highest BCUT2D eigenvalue weighted by Crippen LogP contribution is 2.40. The van der Waals surface area contributed by atoms with Crippen LogP contribution in [0.1, 0.15) is 43.4 Å². The summed E-state index contributed by atoms with van der Waals surface area (Å²) in [6, 6.07) is 8.41. The normalized spacial score (nSPS) is 28.4. The zero-order chi connectivity index (χ0) is 25.9. The van der Waals surface area contributed by atoms with Crippen LogP contribution >= 0.6 is 0 Å². The van der Waals surface area contributed by atoms with Gasteiger partial charge in [-0.15, -0.1) is 0 Å². The number of hydrazone groups is 1. The largest absolute Gasteiger partial charge is 0.385 e. The van der Waals surface area contributed by atoms with Crippen LogP contribution in [-0.4, -0.2) is 73.8 Å². The molecule has 4 rings (SSSR count). The summed E-state index contributed by atoms with van der Waals surface area (Å²) in [7, 11) is 3.91. The second-order valence-electron chi connectivity index (χ2n) is 10.4. The summed E-state index contributed by atoms with van der Waals surface area (Å²) in [6.07, 6.45) is 5.72. The lowest BCUT2D eigenvalue weighted by atomic mass is 9.75. The van der Waals surface area contributed by atoms with E-state index in [0.717, 1.165) is 67.2 Å². The average molecular weight is 495 g/mol. The molecular formula is C28H39FN6O. The van der Waals surface area contributed by atoms with E-state index in [-0.39, 0.29) is 6.17 Å². The van der Waals surface area contributed by atoms with Crippen molar-refractivity contribution in [1.29, 1.82) is 5.26 Å². The van der Waals surface area contributed by atoms with Crippen molar-refractivity contribution in [1.82, 2.24) is 20.5 Å². The van der Waals surface area contributed by atoms with E-state index in [1.165, 1.54) is 0 Å². The smallest absolute Gasteiger partial charge is 0.140 e. The number of alkyl halides is 1. The first-order valence-electron chi connectivity index (χ1n) is 12.8. The van der Waals surface area contributed by atoms with Crippen LogP contribution in [0.4, 0.5) is 4.39 Å². The van der Waals surface area contributed by atoms with Crippen LogP contribution in [0.2, 0.25) is 0 Å². The van der Waals surface area contributed by atoms with Crippen LogP contribution in [0.5, 0.6) is 0 Å². The Morgan fingerprint density at radius 2 is 2.14 bits per heavy atom. The summed E-state index contributed by atoms with van der Waals surface area (Å²) in [5, 5.41) is 17.4. The van der Waals surface area contributed by atoms with E-state index in [9.17, 15) is 5.26 Å². The number of allylic oxidation sites excluding steroid dienone is 2. The van der Waals surface area contributed by atoms with Crippen molar-refractivity contribution in [3.05, 3.63) is 58.3 Å². The average Bonchev–Trinajstić information content (AvgIpc) is 2.85. The van der Waals surface area contributed by atoms with Crippen LogP contribution in [0.15, 0.2) is 46.7 Å². The highest BCUT2D eigenvalue weighted by atomic mass is 19.1. The summed E-state index contributed by atoms with van der Waals surface area (Å²) >= 11 is 0. The Morgan fingerprint density at radius 3 is 2.89 bits per heavy atom. The van der Waals surface area contributed by atoms with Crippen molar-refractivity contribution in [3.8, 4) is 6.07 Å².